The molecule has 0 radical (unpaired) electrons. The summed E-state index contributed by atoms with van der Waals surface area (Å²) in [5.74, 6) is 1.50. The second-order valence-electron chi connectivity index (χ2n) is 6.68. The van der Waals surface area contributed by atoms with E-state index in [9.17, 15) is 0 Å². The van der Waals surface area contributed by atoms with Gasteiger partial charge >= 0.3 is 0 Å². The Balaban J connectivity index is 1.92. The fourth-order valence-electron chi connectivity index (χ4n) is 3.40. The van der Waals surface area contributed by atoms with Crippen molar-refractivity contribution < 1.29 is 0 Å². The highest BCUT2D eigenvalue weighted by Crippen LogP contribution is 2.30. The zero-order valence-corrected chi connectivity index (χ0v) is 13.3. The fourth-order valence-corrected chi connectivity index (χ4v) is 3.40. The summed E-state index contributed by atoms with van der Waals surface area (Å²) < 4.78 is 0. The van der Waals surface area contributed by atoms with E-state index in [0.29, 0.717) is 5.92 Å². The van der Waals surface area contributed by atoms with Gasteiger partial charge in [-0.2, -0.15) is 0 Å². The Bertz CT molecular complexity index is 373. The standard InChI is InChI=1S/C19H31N/c1-3-15(2)17-10-12-18(13-11-17)19(20)14-16-8-6-4-5-7-9-16/h10-13,15-16,19H,3-9,14,20H2,1-2H3. The molecule has 20 heavy (non-hydrogen) atoms. The molecule has 0 heterocycles. The van der Waals surface area contributed by atoms with Crippen molar-refractivity contribution in [3.63, 3.8) is 0 Å². The van der Waals surface area contributed by atoms with Gasteiger partial charge in [-0.3, -0.25) is 0 Å². The van der Waals surface area contributed by atoms with Crippen LogP contribution >= 0.6 is 0 Å². The van der Waals surface area contributed by atoms with E-state index in [1.54, 1.807) is 0 Å². The van der Waals surface area contributed by atoms with E-state index < -0.39 is 0 Å². The molecule has 1 heteroatoms. The second-order valence-corrected chi connectivity index (χ2v) is 6.68. The molecule has 2 unspecified atom stereocenters. The van der Waals surface area contributed by atoms with Crippen LogP contribution in [0.25, 0.3) is 0 Å². The molecule has 0 aliphatic heterocycles. The lowest BCUT2D eigenvalue weighted by Gasteiger charge is -2.20. The van der Waals surface area contributed by atoms with Crippen molar-refractivity contribution in [2.45, 2.75) is 77.2 Å². The van der Waals surface area contributed by atoms with Crippen LogP contribution in [0.5, 0.6) is 0 Å². The molecule has 1 fully saturated rings. The van der Waals surface area contributed by atoms with Crippen molar-refractivity contribution in [1.29, 1.82) is 0 Å². The summed E-state index contributed by atoms with van der Waals surface area (Å²) in [6, 6.07) is 9.28. The van der Waals surface area contributed by atoms with E-state index in [1.165, 1.54) is 62.5 Å². The fraction of sp³-hybridized carbons (Fsp3) is 0.684. The molecule has 2 rings (SSSR count). The maximum atomic E-state index is 6.44. The third kappa shape index (κ3) is 4.34. The lowest BCUT2D eigenvalue weighted by molar-refractivity contribution is 0.393. The van der Waals surface area contributed by atoms with Gasteiger partial charge in [0, 0.05) is 6.04 Å². The highest BCUT2D eigenvalue weighted by atomic mass is 14.6. The van der Waals surface area contributed by atoms with Gasteiger partial charge in [0.15, 0.2) is 0 Å². The summed E-state index contributed by atoms with van der Waals surface area (Å²) in [6.45, 7) is 4.54. The molecule has 0 aromatic heterocycles. The predicted molar refractivity (Wildman–Crippen MR) is 87.9 cm³/mol. The van der Waals surface area contributed by atoms with Gasteiger partial charge < -0.3 is 5.73 Å². The Morgan fingerprint density at radius 2 is 1.55 bits per heavy atom. The summed E-state index contributed by atoms with van der Waals surface area (Å²) in [4.78, 5) is 0. The Morgan fingerprint density at radius 1 is 1.00 bits per heavy atom. The summed E-state index contributed by atoms with van der Waals surface area (Å²) in [5.41, 5.74) is 9.20. The topological polar surface area (TPSA) is 26.0 Å². The summed E-state index contributed by atoms with van der Waals surface area (Å²) in [6.07, 6.45) is 10.8. The Kier molecular flexibility index (Phi) is 6.09. The van der Waals surface area contributed by atoms with Crippen LogP contribution < -0.4 is 5.73 Å². The van der Waals surface area contributed by atoms with Crippen LogP contribution in [0.3, 0.4) is 0 Å². The van der Waals surface area contributed by atoms with Gasteiger partial charge in [-0.05, 0) is 35.8 Å². The first-order valence-electron chi connectivity index (χ1n) is 8.56. The van der Waals surface area contributed by atoms with E-state index in [1.807, 2.05) is 0 Å². The highest BCUT2D eigenvalue weighted by molar-refractivity contribution is 5.27. The van der Waals surface area contributed by atoms with Crippen LogP contribution in [-0.2, 0) is 0 Å². The zero-order valence-electron chi connectivity index (χ0n) is 13.3. The van der Waals surface area contributed by atoms with Gasteiger partial charge in [0.05, 0.1) is 0 Å². The summed E-state index contributed by atoms with van der Waals surface area (Å²) in [7, 11) is 0. The molecule has 1 aromatic rings. The smallest absolute Gasteiger partial charge is 0.0297 e. The molecule has 2 N–H and O–H groups in total. The third-order valence-electron chi connectivity index (χ3n) is 5.11. The normalized spacial score (nSPS) is 20.4. The molecule has 2 atom stereocenters. The minimum atomic E-state index is 0.226. The maximum Gasteiger partial charge on any atom is 0.0297 e. The molecule has 112 valence electrons. The quantitative estimate of drug-likeness (QED) is 0.698. The zero-order chi connectivity index (χ0) is 14.4. The van der Waals surface area contributed by atoms with Crippen LogP contribution in [0.4, 0.5) is 0 Å². The van der Waals surface area contributed by atoms with Gasteiger partial charge in [0.1, 0.15) is 0 Å². The predicted octanol–water partition coefficient (Wildman–Crippen LogP) is 5.56. The molecule has 1 aliphatic rings. The molecule has 1 saturated carbocycles. The summed E-state index contributed by atoms with van der Waals surface area (Å²) >= 11 is 0. The largest absolute Gasteiger partial charge is 0.324 e. The monoisotopic (exact) mass is 273 g/mol. The van der Waals surface area contributed by atoms with Crippen LogP contribution in [0, 0.1) is 5.92 Å². The van der Waals surface area contributed by atoms with Crippen molar-refractivity contribution in [3.8, 4) is 0 Å². The number of hydrogen-bond acceptors (Lipinski definition) is 1. The first-order chi connectivity index (χ1) is 9.70. The number of rotatable bonds is 5. The summed E-state index contributed by atoms with van der Waals surface area (Å²) in [5, 5.41) is 0. The first kappa shape index (κ1) is 15.6. The number of benzene rings is 1. The lowest BCUT2D eigenvalue weighted by atomic mass is 9.89. The molecule has 1 aromatic carbocycles. The molecule has 0 bridgehead atoms. The highest BCUT2D eigenvalue weighted by Gasteiger charge is 2.17. The van der Waals surface area contributed by atoms with E-state index >= 15 is 0 Å². The minimum Gasteiger partial charge on any atom is -0.324 e. The second kappa shape index (κ2) is 7.83. The Morgan fingerprint density at radius 3 is 2.10 bits per heavy atom. The van der Waals surface area contributed by atoms with Crippen molar-refractivity contribution in [2.75, 3.05) is 0 Å². The van der Waals surface area contributed by atoms with Crippen molar-refractivity contribution in [2.24, 2.45) is 11.7 Å². The van der Waals surface area contributed by atoms with Crippen LogP contribution in [0.15, 0.2) is 24.3 Å². The maximum absolute atomic E-state index is 6.44. The lowest BCUT2D eigenvalue weighted by Crippen LogP contribution is -2.15. The SMILES string of the molecule is CCC(C)c1ccc(C(N)CC2CCCCCC2)cc1. The first-order valence-corrected chi connectivity index (χ1v) is 8.56. The molecule has 0 amide bonds. The Labute approximate surface area is 125 Å². The van der Waals surface area contributed by atoms with Crippen molar-refractivity contribution in [1.82, 2.24) is 0 Å². The van der Waals surface area contributed by atoms with Crippen LogP contribution in [0.1, 0.15) is 88.3 Å². The molecular weight excluding hydrogens is 242 g/mol. The van der Waals surface area contributed by atoms with E-state index in [-0.39, 0.29) is 6.04 Å². The number of nitrogens with two attached hydrogens (primary N) is 1. The number of hydrogen-bond donors (Lipinski definition) is 1. The minimum absolute atomic E-state index is 0.226. The van der Waals surface area contributed by atoms with Crippen LogP contribution in [-0.4, -0.2) is 0 Å². The average Bonchev–Trinajstić information content (AvgIpc) is 2.75. The molecule has 0 saturated heterocycles. The Hall–Kier alpha value is -0.820. The van der Waals surface area contributed by atoms with Crippen LogP contribution in [0.2, 0.25) is 0 Å². The van der Waals surface area contributed by atoms with Gasteiger partial charge in [-0.1, -0.05) is 76.6 Å². The van der Waals surface area contributed by atoms with Crippen molar-refractivity contribution >= 4 is 0 Å². The molecule has 0 spiro atoms. The molecule has 1 aliphatic carbocycles. The third-order valence-corrected chi connectivity index (χ3v) is 5.11. The van der Waals surface area contributed by atoms with Gasteiger partial charge in [0.2, 0.25) is 0 Å². The van der Waals surface area contributed by atoms with Gasteiger partial charge in [0.25, 0.3) is 0 Å². The molecular formula is C19H31N. The average molecular weight is 273 g/mol. The van der Waals surface area contributed by atoms with E-state index in [4.69, 9.17) is 5.73 Å². The van der Waals surface area contributed by atoms with E-state index in [0.717, 1.165) is 5.92 Å². The van der Waals surface area contributed by atoms with Gasteiger partial charge in [-0.25, -0.2) is 0 Å². The molecule has 1 nitrogen and oxygen atoms in total. The van der Waals surface area contributed by atoms with Gasteiger partial charge in [-0.15, -0.1) is 0 Å². The van der Waals surface area contributed by atoms with E-state index in [2.05, 4.69) is 38.1 Å². The van der Waals surface area contributed by atoms with Crippen molar-refractivity contribution in [3.05, 3.63) is 35.4 Å².